The van der Waals surface area contributed by atoms with E-state index in [1.54, 1.807) is 0 Å². The van der Waals surface area contributed by atoms with Crippen molar-refractivity contribution in [2.45, 2.75) is 6.42 Å². The lowest BCUT2D eigenvalue weighted by molar-refractivity contribution is 0.0959. The summed E-state index contributed by atoms with van der Waals surface area (Å²) >= 11 is 0. The van der Waals surface area contributed by atoms with Gasteiger partial charge in [0, 0.05) is 19.5 Å². The van der Waals surface area contributed by atoms with Gasteiger partial charge < -0.3 is 10.0 Å². The van der Waals surface area contributed by atoms with Crippen LogP contribution in [0, 0.1) is 5.82 Å². The summed E-state index contributed by atoms with van der Waals surface area (Å²) in [6.07, 6.45) is 1.35. The molecular formula is C11H15FN2O2. The molecule has 0 radical (unpaired) electrons. The molecule has 1 heterocycles. The predicted molar refractivity (Wildman–Crippen MR) is 57.7 cm³/mol. The average molecular weight is 226 g/mol. The maximum absolute atomic E-state index is 12.6. The number of hydrogen-bond donors (Lipinski definition) is 1. The van der Waals surface area contributed by atoms with Crippen LogP contribution in [0.3, 0.4) is 0 Å². The summed E-state index contributed by atoms with van der Waals surface area (Å²) in [6.45, 7) is 1.15. The van der Waals surface area contributed by atoms with Gasteiger partial charge in [-0.05, 0) is 19.2 Å². The Balaban J connectivity index is 2.43. The first-order chi connectivity index (χ1) is 7.63. The zero-order chi connectivity index (χ0) is 12.0. The first kappa shape index (κ1) is 12.7. The van der Waals surface area contributed by atoms with Gasteiger partial charge in [0.15, 0.2) is 5.78 Å². The van der Waals surface area contributed by atoms with Crippen LogP contribution in [0.15, 0.2) is 18.3 Å². The summed E-state index contributed by atoms with van der Waals surface area (Å²) in [5.41, 5.74) is 0.277. The number of rotatable bonds is 6. The number of aliphatic hydroxyl groups excluding tert-OH is 1. The molecule has 1 N–H and O–H groups in total. The maximum Gasteiger partial charge on any atom is 0.182 e. The third kappa shape index (κ3) is 4.04. The Morgan fingerprint density at radius 3 is 2.81 bits per heavy atom. The zero-order valence-corrected chi connectivity index (χ0v) is 9.19. The summed E-state index contributed by atoms with van der Waals surface area (Å²) in [4.78, 5) is 17.1. The van der Waals surface area contributed by atoms with E-state index in [-0.39, 0.29) is 18.1 Å². The summed E-state index contributed by atoms with van der Waals surface area (Å²) in [7, 11) is 1.82. The highest BCUT2D eigenvalue weighted by Crippen LogP contribution is 2.02. The van der Waals surface area contributed by atoms with Gasteiger partial charge in [-0.3, -0.25) is 9.78 Å². The smallest absolute Gasteiger partial charge is 0.182 e. The molecule has 0 amide bonds. The number of likely N-dealkylation sites (N-methyl/N-ethyl adjacent to an activating group) is 1. The standard InChI is InChI=1S/C11H15FN2O2/c1-14(6-7-15)5-4-11(16)10-3-2-9(12)8-13-10/h2-3,8,15H,4-7H2,1H3. The summed E-state index contributed by atoms with van der Waals surface area (Å²) < 4.78 is 12.6. The van der Waals surface area contributed by atoms with Crippen LogP contribution in [0.4, 0.5) is 4.39 Å². The fraction of sp³-hybridized carbons (Fsp3) is 0.455. The van der Waals surface area contributed by atoms with Crippen LogP contribution < -0.4 is 0 Å². The molecule has 16 heavy (non-hydrogen) atoms. The second-order valence-electron chi connectivity index (χ2n) is 3.56. The van der Waals surface area contributed by atoms with Crippen LogP contribution in [0.5, 0.6) is 0 Å². The summed E-state index contributed by atoms with van der Waals surface area (Å²) in [5, 5.41) is 8.67. The van der Waals surface area contributed by atoms with E-state index in [2.05, 4.69) is 4.98 Å². The Bertz CT molecular complexity index is 340. The van der Waals surface area contributed by atoms with Crippen LogP contribution >= 0.6 is 0 Å². The first-order valence-corrected chi connectivity index (χ1v) is 5.07. The largest absolute Gasteiger partial charge is 0.395 e. The minimum Gasteiger partial charge on any atom is -0.395 e. The van der Waals surface area contributed by atoms with Crippen molar-refractivity contribution in [1.29, 1.82) is 0 Å². The van der Waals surface area contributed by atoms with E-state index in [9.17, 15) is 9.18 Å². The van der Waals surface area contributed by atoms with E-state index in [1.807, 2.05) is 11.9 Å². The number of ketones is 1. The molecule has 1 aromatic rings. The number of aromatic nitrogens is 1. The van der Waals surface area contributed by atoms with Gasteiger partial charge in [0.05, 0.1) is 12.8 Å². The van der Waals surface area contributed by atoms with E-state index in [1.165, 1.54) is 12.1 Å². The number of Topliss-reactive ketones (excluding diaryl/α,β-unsaturated/α-hetero) is 1. The number of carbonyl (C=O) groups excluding carboxylic acids is 1. The van der Waals surface area contributed by atoms with Crippen LogP contribution in [0.2, 0.25) is 0 Å². The molecule has 0 saturated carbocycles. The van der Waals surface area contributed by atoms with Crippen molar-refractivity contribution < 1.29 is 14.3 Å². The Kier molecular flexibility index (Phi) is 5.01. The number of pyridine rings is 1. The van der Waals surface area contributed by atoms with Crippen molar-refractivity contribution in [3.8, 4) is 0 Å². The van der Waals surface area contributed by atoms with Crippen LogP contribution in [0.25, 0.3) is 0 Å². The fourth-order valence-corrected chi connectivity index (χ4v) is 1.24. The Morgan fingerprint density at radius 1 is 1.50 bits per heavy atom. The van der Waals surface area contributed by atoms with Crippen molar-refractivity contribution >= 4 is 5.78 Å². The topological polar surface area (TPSA) is 53.4 Å². The van der Waals surface area contributed by atoms with Crippen LogP contribution in [0.1, 0.15) is 16.9 Å². The highest BCUT2D eigenvalue weighted by atomic mass is 19.1. The molecule has 0 unspecified atom stereocenters. The second-order valence-corrected chi connectivity index (χ2v) is 3.56. The molecule has 0 fully saturated rings. The van der Waals surface area contributed by atoms with E-state index in [4.69, 9.17) is 5.11 Å². The maximum atomic E-state index is 12.6. The van der Waals surface area contributed by atoms with Gasteiger partial charge in [-0.25, -0.2) is 4.39 Å². The van der Waals surface area contributed by atoms with Crippen molar-refractivity contribution in [1.82, 2.24) is 9.88 Å². The zero-order valence-electron chi connectivity index (χ0n) is 9.19. The van der Waals surface area contributed by atoms with Gasteiger partial charge in [-0.1, -0.05) is 0 Å². The van der Waals surface area contributed by atoms with Gasteiger partial charge >= 0.3 is 0 Å². The molecule has 0 aliphatic heterocycles. The minimum absolute atomic E-state index is 0.0689. The van der Waals surface area contributed by atoms with Crippen LogP contribution in [-0.4, -0.2) is 47.5 Å². The fourth-order valence-electron chi connectivity index (χ4n) is 1.24. The second kappa shape index (κ2) is 6.30. The quantitative estimate of drug-likeness (QED) is 0.726. The monoisotopic (exact) mass is 226 g/mol. The molecule has 4 nitrogen and oxygen atoms in total. The molecule has 0 spiro atoms. The third-order valence-corrected chi connectivity index (χ3v) is 2.22. The van der Waals surface area contributed by atoms with Gasteiger partial charge in [-0.15, -0.1) is 0 Å². The Labute approximate surface area is 93.7 Å². The Hall–Kier alpha value is -1.33. The molecule has 5 heteroatoms. The highest BCUT2D eigenvalue weighted by molar-refractivity contribution is 5.94. The molecule has 0 aromatic carbocycles. The molecule has 1 aromatic heterocycles. The van der Waals surface area contributed by atoms with Crippen molar-refractivity contribution in [3.05, 3.63) is 29.8 Å². The molecule has 88 valence electrons. The molecule has 0 atom stereocenters. The van der Waals surface area contributed by atoms with Crippen molar-refractivity contribution in [2.24, 2.45) is 0 Å². The minimum atomic E-state index is -0.450. The van der Waals surface area contributed by atoms with Gasteiger partial charge in [0.1, 0.15) is 11.5 Å². The van der Waals surface area contributed by atoms with Crippen LogP contribution in [-0.2, 0) is 0 Å². The SMILES string of the molecule is CN(CCO)CCC(=O)c1ccc(F)cn1. The lowest BCUT2D eigenvalue weighted by Gasteiger charge is -2.13. The number of nitrogens with zero attached hydrogens (tertiary/aromatic N) is 2. The van der Waals surface area contributed by atoms with E-state index >= 15 is 0 Å². The number of aliphatic hydroxyl groups is 1. The van der Waals surface area contributed by atoms with E-state index < -0.39 is 5.82 Å². The lowest BCUT2D eigenvalue weighted by Crippen LogP contribution is -2.25. The van der Waals surface area contributed by atoms with E-state index in [0.717, 1.165) is 6.20 Å². The molecule has 0 bridgehead atoms. The lowest BCUT2D eigenvalue weighted by atomic mass is 10.2. The first-order valence-electron chi connectivity index (χ1n) is 5.07. The highest BCUT2D eigenvalue weighted by Gasteiger charge is 2.08. The average Bonchev–Trinajstić information content (AvgIpc) is 2.27. The number of carbonyl (C=O) groups is 1. The van der Waals surface area contributed by atoms with E-state index in [0.29, 0.717) is 19.5 Å². The van der Waals surface area contributed by atoms with Crippen molar-refractivity contribution in [2.75, 3.05) is 26.7 Å². The predicted octanol–water partition coefficient (Wildman–Crippen LogP) is 0.718. The van der Waals surface area contributed by atoms with Gasteiger partial charge in [0.25, 0.3) is 0 Å². The van der Waals surface area contributed by atoms with Gasteiger partial charge in [0.2, 0.25) is 0 Å². The molecule has 1 rings (SSSR count). The summed E-state index contributed by atoms with van der Waals surface area (Å²) in [5.74, 6) is -0.571. The Morgan fingerprint density at radius 2 is 2.25 bits per heavy atom. The molecular weight excluding hydrogens is 211 g/mol. The number of hydrogen-bond acceptors (Lipinski definition) is 4. The third-order valence-electron chi connectivity index (χ3n) is 2.22. The number of halogens is 1. The van der Waals surface area contributed by atoms with Gasteiger partial charge in [-0.2, -0.15) is 0 Å². The van der Waals surface area contributed by atoms with Crippen molar-refractivity contribution in [3.63, 3.8) is 0 Å². The molecule has 0 aliphatic rings. The molecule has 0 saturated heterocycles. The summed E-state index contributed by atoms with van der Waals surface area (Å²) in [6, 6.07) is 2.60. The molecule has 0 aliphatic carbocycles. The normalized spacial score (nSPS) is 10.8.